The maximum absolute atomic E-state index is 12.7. The molecule has 0 aliphatic carbocycles. The van der Waals surface area contributed by atoms with Gasteiger partial charge in [0.2, 0.25) is 0 Å². The molecular weight excluding hydrogens is 227 g/mol. The zero-order valence-corrected chi connectivity index (χ0v) is 10.2. The van der Waals surface area contributed by atoms with E-state index in [2.05, 4.69) is 17.4 Å². The Labute approximate surface area is 107 Å². The van der Waals surface area contributed by atoms with E-state index in [-0.39, 0.29) is 5.82 Å². The topological polar surface area (TPSA) is 38.0 Å². The molecule has 0 radical (unpaired) electrons. The van der Waals surface area contributed by atoms with Gasteiger partial charge < -0.3 is 11.1 Å². The van der Waals surface area contributed by atoms with Gasteiger partial charge in [-0.3, -0.25) is 0 Å². The first-order valence-corrected chi connectivity index (χ1v) is 6.05. The first kappa shape index (κ1) is 12.6. The van der Waals surface area contributed by atoms with E-state index in [0.29, 0.717) is 13.1 Å². The van der Waals surface area contributed by atoms with Crippen LogP contribution in [-0.4, -0.2) is 6.54 Å². The minimum absolute atomic E-state index is 0.204. The van der Waals surface area contributed by atoms with Crippen LogP contribution in [0.2, 0.25) is 0 Å². The highest BCUT2D eigenvalue weighted by molar-refractivity contribution is 5.45. The number of hydrogen-bond donors (Lipinski definition) is 2. The third-order valence-corrected chi connectivity index (χ3v) is 2.80. The molecule has 3 N–H and O–H groups in total. The minimum atomic E-state index is -0.204. The smallest absolute Gasteiger partial charge is 0.123 e. The third-order valence-electron chi connectivity index (χ3n) is 2.80. The number of hydrogen-bond acceptors (Lipinski definition) is 2. The summed E-state index contributed by atoms with van der Waals surface area (Å²) in [5.41, 5.74) is 8.85. The maximum Gasteiger partial charge on any atom is 0.123 e. The van der Waals surface area contributed by atoms with E-state index in [1.807, 2.05) is 12.1 Å². The fraction of sp³-hybridized carbons (Fsp3) is 0.200. The summed E-state index contributed by atoms with van der Waals surface area (Å²) in [4.78, 5) is 0. The van der Waals surface area contributed by atoms with Crippen molar-refractivity contribution in [3.63, 3.8) is 0 Å². The average molecular weight is 244 g/mol. The summed E-state index contributed by atoms with van der Waals surface area (Å²) in [6.07, 6.45) is 0.901. The molecule has 0 aromatic heterocycles. The molecular formula is C15H17FN2. The molecule has 2 rings (SSSR count). The molecule has 2 aromatic rings. The van der Waals surface area contributed by atoms with Crippen molar-refractivity contribution in [3.05, 3.63) is 65.5 Å². The van der Waals surface area contributed by atoms with Gasteiger partial charge in [0, 0.05) is 12.2 Å². The molecule has 0 amide bonds. The number of nitrogens with one attached hydrogen (secondary N) is 1. The monoisotopic (exact) mass is 244 g/mol. The Morgan fingerprint density at radius 2 is 1.50 bits per heavy atom. The van der Waals surface area contributed by atoms with Gasteiger partial charge in [0.25, 0.3) is 0 Å². The van der Waals surface area contributed by atoms with Crippen molar-refractivity contribution in [1.82, 2.24) is 0 Å². The van der Waals surface area contributed by atoms with Gasteiger partial charge in [0.1, 0.15) is 5.82 Å². The van der Waals surface area contributed by atoms with Crippen LogP contribution in [0.25, 0.3) is 0 Å². The Morgan fingerprint density at radius 3 is 2.11 bits per heavy atom. The fourth-order valence-electron chi connectivity index (χ4n) is 1.76. The molecule has 0 bridgehead atoms. The van der Waals surface area contributed by atoms with Gasteiger partial charge in [-0.15, -0.1) is 0 Å². The van der Waals surface area contributed by atoms with Crippen LogP contribution in [-0.2, 0) is 13.0 Å². The molecule has 3 heteroatoms. The number of nitrogens with two attached hydrogens (primary N) is 1. The number of rotatable bonds is 5. The van der Waals surface area contributed by atoms with E-state index in [9.17, 15) is 4.39 Å². The molecule has 0 atom stereocenters. The Hall–Kier alpha value is -1.87. The summed E-state index contributed by atoms with van der Waals surface area (Å²) in [6.45, 7) is 1.36. The van der Waals surface area contributed by atoms with E-state index >= 15 is 0 Å². The standard InChI is InChI=1S/C15H17FN2/c16-14-5-1-13(2-6-14)11-18-15-7-3-12(4-8-15)9-10-17/h1-8,18H,9-11,17H2. The van der Waals surface area contributed by atoms with Crippen molar-refractivity contribution in [2.75, 3.05) is 11.9 Å². The lowest BCUT2D eigenvalue weighted by molar-refractivity contribution is 0.627. The van der Waals surface area contributed by atoms with Crippen LogP contribution in [0.15, 0.2) is 48.5 Å². The first-order valence-electron chi connectivity index (χ1n) is 6.05. The van der Waals surface area contributed by atoms with Crippen molar-refractivity contribution in [1.29, 1.82) is 0 Å². The molecule has 18 heavy (non-hydrogen) atoms. The fourth-order valence-corrected chi connectivity index (χ4v) is 1.76. The Kier molecular flexibility index (Phi) is 4.31. The van der Waals surface area contributed by atoms with E-state index in [1.165, 1.54) is 17.7 Å². The van der Waals surface area contributed by atoms with Crippen LogP contribution in [0.3, 0.4) is 0 Å². The van der Waals surface area contributed by atoms with Gasteiger partial charge in [0.15, 0.2) is 0 Å². The number of benzene rings is 2. The average Bonchev–Trinajstić information content (AvgIpc) is 2.40. The second-order valence-electron chi connectivity index (χ2n) is 4.22. The second-order valence-corrected chi connectivity index (χ2v) is 4.22. The largest absolute Gasteiger partial charge is 0.381 e. The van der Waals surface area contributed by atoms with Gasteiger partial charge in [-0.1, -0.05) is 24.3 Å². The molecule has 0 aliphatic heterocycles. The lowest BCUT2D eigenvalue weighted by atomic mass is 10.1. The SMILES string of the molecule is NCCc1ccc(NCc2ccc(F)cc2)cc1. The maximum atomic E-state index is 12.7. The summed E-state index contributed by atoms with van der Waals surface area (Å²) in [5.74, 6) is -0.204. The zero-order chi connectivity index (χ0) is 12.8. The first-order chi connectivity index (χ1) is 8.78. The highest BCUT2D eigenvalue weighted by Crippen LogP contribution is 2.12. The number of halogens is 1. The number of anilines is 1. The Bertz CT molecular complexity index is 477. The van der Waals surface area contributed by atoms with Gasteiger partial charge >= 0.3 is 0 Å². The summed E-state index contributed by atoms with van der Waals surface area (Å²) < 4.78 is 12.7. The Balaban J connectivity index is 1.91. The minimum Gasteiger partial charge on any atom is -0.381 e. The molecule has 2 nitrogen and oxygen atoms in total. The highest BCUT2D eigenvalue weighted by atomic mass is 19.1. The van der Waals surface area contributed by atoms with Crippen LogP contribution in [0.5, 0.6) is 0 Å². The van der Waals surface area contributed by atoms with Gasteiger partial charge in [-0.2, -0.15) is 0 Å². The van der Waals surface area contributed by atoms with E-state index in [1.54, 1.807) is 12.1 Å². The van der Waals surface area contributed by atoms with E-state index < -0.39 is 0 Å². The van der Waals surface area contributed by atoms with Crippen molar-refractivity contribution in [2.45, 2.75) is 13.0 Å². The molecule has 0 saturated heterocycles. The molecule has 0 aliphatic rings. The van der Waals surface area contributed by atoms with Crippen molar-refractivity contribution in [3.8, 4) is 0 Å². The van der Waals surface area contributed by atoms with Crippen molar-refractivity contribution < 1.29 is 4.39 Å². The quantitative estimate of drug-likeness (QED) is 0.848. The zero-order valence-electron chi connectivity index (χ0n) is 10.2. The summed E-state index contributed by atoms with van der Waals surface area (Å²) in [6, 6.07) is 14.7. The van der Waals surface area contributed by atoms with E-state index in [4.69, 9.17) is 5.73 Å². The Morgan fingerprint density at radius 1 is 0.889 bits per heavy atom. The molecule has 0 heterocycles. The summed E-state index contributed by atoms with van der Waals surface area (Å²) in [7, 11) is 0. The molecule has 94 valence electrons. The van der Waals surface area contributed by atoms with Crippen LogP contribution in [0.1, 0.15) is 11.1 Å². The van der Waals surface area contributed by atoms with E-state index in [0.717, 1.165) is 17.7 Å². The van der Waals surface area contributed by atoms with Crippen LogP contribution in [0, 0.1) is 5.82 Å². The summed E-state index contributed by atoms with van der Waals surface area (Å²) in [5, 5.41) is 3.30. The van der Waals surface area contributed by atoms with Crippen LogP contribution < -0.4 is 11.1 Å². The molecule has 0 saturated carbocycles. The lowest BCUT2D eigenvalue weighted by Gasteiger charge is -2.07. The van der Waals surface area contributed by atoms with Crippen molar-refractivity contribution in [2.24, 2.45) is 5.73 Å². The predicted octanol–water partition coefficient (Wildman–Crippen LogP) is 2.94. The van der Waals surface area contributed by atoms with Gasteiger partial charge in [-0.05, 0) is 48.4 Å². The molecule has 0 unspecified atom stereocenters. The highest BCUT2D eigenvalue weighted by Gasteiger charge is 1.96. The summed E-state index contributed by atoms with van der Waals surface area (Å²) >= 11 is 0. The van der Waals surface area contributed by atoms with Gasteiger partial charge in [-0.25, -0.2) is 4.39 Å². The van der Waals surface area contributed by atoms with Gasteiger partial charge in [0.05, 0.1) is 0 Å². The third kappa shape index (κ3) is 3.57. The van der Waals surface area contributed by atoms with Crippen LogP contribution in [0.4, 0.5) is 10.1 Å². The van der Waals surface area contributed by atoms with Crippen molar-refractivity contribution >= 4 is 5.69 Å². The lowest BCUT2D eigenvalue weighted by Crippen LogP contribution is -2.03. The van der Waals surface area contributed by atoms with Crippen LogP contribution >= 0.6 is 0 Å². The molecule has 0 fully saturated rings. The molecule has 2 aromatic carbocycles. The normalized spacial score (nSPS) is 10.3. The second kappa shape index (κ2) is 6.17. The molecule has 0 spiro atoms. The predicted molar refractivity (Wildman–Crippen MR) is 72.9 cm³/mol.